The molecule has 0 aromatic carbocycles. The number of carbonyl (C=O) groups is 1. The summed E-state index contributed by atoms with van der Waals surface area (Å²) in [6, 6.07) is 0. The average molecular weight is 266 g/mol. The lowest BCUT2D eigenvalue weighted by atomic mass is 10.2. The standard InChI is InChI=1S/C8H12ClN3OS2/c1-5(4-14-2)3-10-6(13)7-11-12-8(9)15-7/h5H,3-4H2,1-2H3,(H,10,13). The summed E-state index contributed by atoms with van der Waals surface area (Å²) in [6.07, 6.45) is 2.04. The van der Waals surface area contributed by atoms with Crippen LogP contribution in [-0.2, 0) is 0 Å². The zero-order valence-corrected chi connectivity index (χ0v) is 10.9. The number of amides is 1. The van der Waals surface area contributed by atoms with Crippen LogP contribution in [0.25, 0.3) is 0 Å². The number of thioether (sulfide) groups is 1. The van der Waals surface area contributed by atoms with Gasteiger partial charge in [0.05, 0.1) is 0 Å². The van der Waals surface area contributed by atoms with Gasteiger partial charge in [-0.3, -0.25) is 4.79 Å². The first kappa shape index (κ1) is 12.7. The summed E-state index contributed by atoms with van der Waals surface area (Å²) in [5.41, 5.74) is 0. The maximum atomic E-state index is 11.5. The molecule has 0 radical (unpaired) electrons. The Hall–Kier alpha value is -0.330. The molecule has 7 heteroatoms. The molecule has 15 heavy (non-hydrogen) atoms. The molecule has 1 rings (SSSR count). The highest BCUT2D eigenvalue weighted by molar-refractivity contribution is 7.98. The van der Waals surface area contributed by atoms with E-state index in [-0.39, 0.29) is 10.4 Å². The van der Waals surface area contributed by atoms with Crippen LogP contribution in [-0.4, -0.2) is 34.7 Å². The molecule has 0 saturated heterocycles. The van der Waals surface area contributed by atoms with Crippen LogP contribution in [0.2, 0.25) is 4.47 Å². The minimum absolute atomic E-state index is 0.202. The van der Waals surface area contributed by atoms with Gasteiger partial charge in [0.2, 0.25) is 9.47 Å². The van der Waals surface area contributed by atoms with Gasteiger partial charge in [-0.1, -0.05) is 18.3 Å². The summed E-state index contributed by atoms with van der Waals surface area (Å²) < 4.78 is 0.289. The Kier molecular flexibility index (Phi) is 5.35. The lowest BCUT2D eigenvalue weighted by molar-refractivity contribution is 0.0948. The third-order valence-corrected chi connectivity index (χ3v) is 3.58. The monoisotopic (exact) mass is 265 g/mol. The van der Waals surface area contributed by atoms with Gasteiger partial charge in [0.1, 0.15) is 0 Å². The molecular weight excluding hydrogens is 254 g/mol. The van der Waals surface area contributed by atoms with Crippen molar-refractivity contribution in [2.75, 3.05) is 18.6 Å². The Morgan fingerprint density at radius 2 is 2.40 bits per heavy atom. The van der Waals surface area contributed by atoms with E-state index in [0.29, 0.717) is 17.5 Å². The highest BCUT2D eigenvalue weighted by Crippen LogP contribution is 2.14. The number of hydrogen-bond donors (Lipinski definition) is 1. The molecule has 0 aliphatic heterocycles. The Labute approximate surface area is 102 Å². The van der Waals surface area contributed by atoms with Gasteiger partial charge < -0.3 is 5.32 Å². The lowest BCUT2D eigenvalue weighted by Crippen LogP contribution is -2.29. The van der Waals surface area contributed by atoms with Crippen LogP contribution in [0, 0.1) is 5.92 Å². The molecule has 1 unspecified atom stereocenters. The number of nitrogens with zero attached hydrogens (tertiary/aromatic N) is 2. The number of carbonyl (C=O) groups excluding carboxylic acids is 1. The molecule has 0 aliphatic carbocycles. The van der Waals surface area contributed by atoms with Gasteiger partial charge in [0, 0.05) is 6.54 Å². The van der Waals surface area contributed by atoms with E-state index >= 15 is 0 Å². The lowest BCUT2D eigenvalue weighted by Gasteiger charge is -2.09. The van der Waals surface area contributed by atoms with Crippen LogP contribution in [0.1, 0.15) is 16.7 Å². The molecule has 4 nitrogen and oxygen atoms in total. The molecule has 0 saturated carbocycles. The molecule has 0 bridgehead atoms. The summed E-state index contributed by atoms with van der Waals surface area (Å²) in [5, 5.41) is 10.3. The third-order valence-electron chi connectivity index (χ3n) is 1.66. The van der Waals surface area contributed by atoms with Crippen molar-refractivity contribution < 1.29 is 4.79 Å². The van der Waals surface area contributed by atoms with E-state index in [1.54, 1.807) is 11.8 Å². The fourth-order valence-electron chi connectivity index (χ4n) is 0.983. The molecule has 1 atom stereocenters. The molecule has 0 spiro atoms. The molecule has 1 amide bonds. The molecule has 1 heterocycles. The first-order valence-corrected chi connectivity index (χ1v) is 6.98. The Morgan fingerprint density at radius 1 is 1.67 bits per heavy atom. The predicted octanol–water partition coefficient (Wildman–Crippen LogP) is 1.92. The zero-order valence-electron chi connectivity index (χ0n) is 8.49. The van der Waals surface area contributed by atoms with Gasteiger partial charge in [0.25, 0.3) is 5.91 Å². The number of aromatic nitrogens is 2. The van der Waals surface area contributed by atoms with E-state index in [1.165, 1.54) is 0 Å². The molecule has 1 aromatic rings. The zero-order chi connectivity index (χ0) is 11.3. The second kappa shape index (κ2) is 6.30. The number of hydrogen-bond acceptors (Lipinski definition) is 5. The van der Waals surface area contributed by atoms with E-state index in [0.717, 1.165) is 17.1 Å². The summed E-state index contributed by atoms with van der Waals surface area (Å²) in [4.78, 5) is 11.5. The fraction of sp³-hybridized carbons (Fsp3) is 0.625. The first-order chi connectivity index (χ1) is 7.13. The highest BCUT2D eigenvalue weighted by Gasteiger charge is 2.12. The van der Waals surface area contributed by atoms with Gasteiger partial charge in [-0.15, -0.1) is 10.2 Å². The Bertz CT molecular complexity index is 331. The fourth-order valence-corrected chi connectivity index (χ4v) is 2.41. The SMILES string of the molecule is CSCC(C)CNC(=O)c1nnc(Cl)s1. The first-order valence-electron chi connectivity index (χ1n) is 4.39. The van der Waals surface area contributed by atoms with Crippen molar-refractivity contribution in [3.8, 4) is 0 Å². The highest BCUT2D eigenvalue weighted by atomic mass is 35.5. The van der Waals surface area contributed by atoms with Crippen molar-refractivity contribution in [1.82, 2.24) is 15.5 Å². The number of rotatable bonds is 5. The minimum Gasteiger partial charge on any atom is -0.350 e. The second-order valence-electron chi connectivity index (χ2n) is 3.13. The number of nitrogens with one attached hydrogen (secondary N) is 1. The molecular formula is C8H12ClN3OS2. The maximum Gasteiger partial charge on any atom is 0.282 e. The maximum absolute atomic E-state index is 11.5. The summed E-state index contributed by atoms with van der Waals surface area (Å²) in [6.45, 7) is 2.74. The van der Waals surface area contributed by atoms with E-state index in [1.807, 2.05) is 6.26 Å². The molecule has 0 fully saturated rings. The van der Waals surface area contributed by atoms with Gasteiger partial charge in [-0.2, -0.15) is 11.8 Å². The quantitative estimate of drug-likeness (QED) is 0.884. The minimum atomic E-state index is -0.202. The van der Waals surface area contributed by atoms with Crippen molar-refractivity contribution in [2.24, 2.45) is 5.92 Å². The number of halogens is 1. The van der Waals surface area contributed by atoms with E-state index in [9.17, 15) is 4.79 Å². The van der Waals surface area contributed by atoms with Gasteiger partial charge in [-0.05, 0) is 29.5 Å². The second-order valence-corrected chi connectivity index (χ2v) is 5.60. The van der Waals surface area contributed by atoms with Crippen molar-refractivity contribution in [2.45, 2.75) is 6.92 Å². The van der Waals surface area contributed by atoms with Crippen LogP contribution >= 0.6 is 34.7 Å². The third kappa shape index (κ3) is 4.36. The summed E-state index contributed by atoms with van der Waals surface area (Å²) in [5.74, 6) is 1.27. The van der Waals surface area contributed by atoms with Crippen molar-refractivity contribution in [1.29, 1.82) is 0 Å². The smallest absolute Gasteiger partial charge is 0.282 e. The van der Waals surface area contributed by atoms with Crippen LogP contribution in [0.5, 0.6) is 0 Å². The normalized spacial score (nSPS) is 12.5. The molecule has 84 valence electrons. The van der Waals surface area contributed by atoms with Crippen LogP contribution < -0.4 is 5.32 Å². The molecule has 1 aromatic heterocycles. The van der Waals surface area contributed by atoms with Crippen molar-refractivity contribution >= 4 is 40.6 Å². The van der Waals surface area contributed by atoms with E-state index < -0.39 is 0 Å². The van der Waals surface area contributed by atoms with Gasteiger partial charge >= 0.3 is 0 Å². The topological polar surface area (TPSA) is 54.9 Å². The van der Waals surface area contributed by atoms with Crippen LogP contribution in [0.4, 0.5) is 0 Å². The largest absolute Gasteiger partial charge is 0.350 e. The molecule has 1 N–H and O–H groups in total. The van der Waals surface area contributed by atoms with E-state index in [4.69, 9.17) is 11.6 Å². The van der Waals surface area contributed by atoms with Crippen molar-refractivity contribution in [3.63, 3.8) is 0 Å². The Balaban J connectivity index is 2.36. The van der Waals surface area contributed by atoms with Gasteiger partial charge in [0.15, 0.2) is 0 Å². The van der Waals surface area contributed by atoms with E-state index in [2.05, 4.69) is 22.4 Å². The van der Waals surface area contributed by atoms with Crippen LogP contribution in [0.3, 0.4) is 0 Å². The predicted molar refractivity (Wildman–Crippen MR) is 64.8 cm³/mol. The average Bonchev–Trinajstić information content (AvgIpc) is 2.62. The van der Waals surface area contributed by atoms with Crippen LogP contribution in [0.15, 0.2) is 0 Å². The van der Waals surface area contributed by atoms with Gasteiger partial charge in [-0.25, -0.2) is 0 Å². The Morgan fingerprint density at radius 3 is 2.93 bits per heavy atom. The summed E-state index contributed by atoms with van der Waals surface area (Å²) >= 11 is 8.43. The molecule has 0 aliphatic rings. The summed E-state index contributed by atoms with van der Waals surface area (Å²) in [7, 11) is 0. The van der Waals surface area contributed by atoms with Crippen molar-refractivity contribution in [3.05, 3.63) is 9.47 Å².